The molecule has 1 aliphatic rings. The smallest absolute Gasteiger partial charge is 0.135 e. The number of para-hydroxylation sites is 1. The molecule has 0 bridgehead atoms. The Morgan fingerprint density at radius 2 is 1.09 bits per heavy atom. The van der Waals surface area contributed by atoms with Crippen LogP contribution in [0.1, 0.15) is 23.6 Å². The van der Waals surface area contributed by atoms with Crippen molar-refractivity contribution in [2.24, 2.45) is 0 Å². The Labute approximate surface area is 271 Å². The van der Waals surface area contributed by atoms with Crippen molar-refractivity contribution in [2.75, 3.05) is 0 Å². The molecule has 1 aromatic heterocycles. The van der Waals surface area contributed by atoms with Crippen molar-refractivity contribution < 1.29 is 4.42 Å². The third kappa shape index (κ3) is 3.23. The summed E-state index contributed by atoms with van der Waals surface area (Å²) in [7, 11) is 0. The van der Waals surface area contributed by atoms with Gasteiger partial charge in [0.05, 0.1) is 0 Å². The Bertz CT molecular complexity index is 2910. The standard InChI is InChI=1S/C46H28O/c1-46(32-19-24-42-39(26-32)36-11-4-5-12-41(36)47-42)40-25-31(18-21-35(40)38-23-15-27-7-2-3-10-34(27)45(38)46)33-20-16-30-14-13-28-8-6-9-29-17-22-37(33)44(30)43(28)29/h2-26H,1H3. The molecule has 0 aliphatic heterocycles. The van der Waals surface area contributed by atoms with Crippen LogP contribution < -0.4 is 0 Å². The van der Waals surface area contributed by atoms with Gasteiger partial charge >= 0.3 is 0 Å². The highest BCUT2D eigenvalue weighted by Crippen LogP contribution is 2.56. The second kappa shape index (κ2) is 8.87. The van der Waals surface area contributed by atoms with Crippen LogP contribution in [0.5, 0.6) is 0 Å². The maximum Gasteiger partial charge on any atom is 0.135 e. The van der Waals surface area contributed by atoms with E-state index in [1.54, 1.807) is 0 Å². The molecule has 1 atom stereocenters. The number of rotatable bonds is 2. The lowest BCUT2D eigenvalue weighted by molar-refractivity contribution is 0.667. The quantitative estimate of drug-likeness (QED) is 0.181. The van der Waals surface area contributed by atoms with Crippen molar-refractivity contribution >= 4 is 65.0 Å². The van der Waals surface area contributed by atoms with E-state index in [1.807, 2.05) is 6.07 Å². The van der Waals surface area contributed by atoms with Gasteiger partial charge in [0.15, 0.2) is 0 Å². The molecule has 1 aliphatic carbocycles. The SMILES string of the molecule is CC1(c2ccc3oc4ccccc4c3c2)c2cc(-c3ccc4ccc5cccc6ccc3c4c56)ccc2-c2ccc3ccccc3c21. The normalized spacial score (nSPS) is 15.9. The van der Waals surface area contributed by atoms with Crippen LogP contribution in [0.4, 0.5) is 0 Å². The number of furan rings is 1. The van der Waals surface area contributed by atoms with E-state index in [0.29, 0.717) is 0 Å². The summed E-state index contributed by atoms with van der Waals surface area (Å²) in [5.41, 5.74) is 10.6. The van der Waals surface area contributed by atoms with Crippen molar-refractivity contribution in [3.63, 3.8) is 0 Å². The molecular weight excluding hydrogens is 569 g/mol. The van der Waals surface area contributed by atoms with Crippen LogP contribution in [0.15, 0.2) is 156 Å². The van der Waals surface area contributed by atoms with Gasteiger partial charge in [-0.25, -0.2) is 0 Å². The van der Waals surface area contributed by atoms with Gasteiger partial charge in [0.1, 0.15) is 11.2 Å². The summed E-state index contributed by atoms with van der Waals surface area (Å²) in [5, 5.41) is 12.8. The molecule has 11 rings (SSSR count). The molecule has 0 spiro atoms. The number of benzene rings is 9. The van der Waals surface area contributed by atoms with Gasteiger partial charge in [-0.3, -0.25) is 0 Å². The summed E-state index contributed by atoms with van der Waals surface area (Å²) in [5.74, 6) is 0. The van der Waals surface area contributed by atoms with E-state index >= 15 is 0 Å². The van der Waals surface area contributed by atoms with Crippen molar-refractivity contribution in [1.29, 1.82) is 0 Å². The summed E-state index contributed by atoms with van der Waals surface area (Å²) in [6.07, 6.45) is 0. The topological polar surface area (TPSA) is 13.1 Å². The number of hydrogen-bond donors (Lipinski definition) is 0. The third-order valence-corrected chi connectivity index (χ3v) is 11.1. The van der Waals surface area contributed by atoms with Crippen LogP contribution in [-0.4, -0.2) is 0 Å². The Balaban J connectivity index is 1.21. The minimum absolute atomic E-state index is 0.377. The van der Waals surface area contributed by atoms with Gasteiger partial charge in [-0.1, -0.05) is 127 Å². The van der Waals surface area contributed by atoms with E-state index in [0.717, 1.165) is 21.9 Å². The predicted molar refractivity (Wildman–Crippen MR) is 198 cm³/mol. The number of fused-ring (bicyclic) bond motifs is 8. The molecule has 1 nitrogen and oxygen atoms in total. The van der Waals surface area contributed by atoms with E-state index in [-0.39, 0.29) is 5.41 Å². The minimum Gasteiger partial charge on any atom is -0.456 e. The lowest BCUT2D eigenvalue weighted by Crippen LogP contribution is -2.23. The molecule has 0 saturated carbocycles. The highest BCUT2D eigenvalue weighted by atomic mass is 16.3. The summed E-state index contributed by atoms with van der Waals surface area (Å²) in [6, 6.07) is 56.3. The first kappa shape index (κ1) is 25.3. The van der Waals surface area contributed by atoms with Gasteiger partial charge < -0.3 is 4.42 Å². The van der Waals surface area contributed by atoms with Crippen molar-refractivity contribution in [3.05, 3.63) is 168 Å². The fraction of sp³-hybridized carbons (Fsp3) is 0.0435. The van der Waals surface area contributed by atoms with Gasteiger partial charge in [0, 0.05) is 16.2 Å². The van der Waals surface area contributed by atoms with E-state index < -0.39 is 0 Å². The molecular formula is C46H28O. The Hall–Kier alpha value is -5.92. The third-order valence-electron chi connectivity index (χ3n) is 11.1. The molecule has 1 heterocycles. The summed E-state index contributed by atoms with van der Waals surface area (Å²) < 4.78 is 6.28. The molecule has 1 unspecified atom stereocenters. The van der Waals surface area contributed by atoms with Gasteiger partial charge in [-0.05, 0) is 113 Å². The lowest BCUT2D eigenvalue weighted by Gasteiger charge is -2.30. The first-order chi connectivity index (χ1) is 23.2. The first-order valence-corrected chi connectivity index (χ1v) is 16.4. The van der Waals surface area contributed by atoms with Crippen LogP contribution in [-0.2, 0) is 5.41 Å². The molecule has 1 heteroatoms. The molecule has 0 saturated heterocycles. The van der Waals surface area contributed by atoms with Crippen LogP contribution in [0.25, 0.3) is 87.3 Å². The monoisotopic (exact) mass is 596 g/mol. The Kier molecular flexibility index (Phi) is 4.77. The van der Waals surface area contributed by atoms with Gasteiger partial charge in [-0.2, -0.15) is 0 Å². The van der Waals surface area contributed by atoms with Crippen LogP contribution >= 0.6 is 0 Å². The highest BCUT2D eigenvalue weighted by Gasteiger charge is 2.42. The largest absolute Gasteiger partial charge is 0.456 e. The Morgan fingerprint density at radius 1 is 0.426 bits per heavy atom. The summed E-state index contributed by atoms with van der Waals surface area (Å²) >= 11 is 0. The molecule has 47 heavy (non-hydrogen) atoms. The first-order valence-electron chi connectivity index (χ1n) is 16.4. The van der Waals surface area contributed by atoms with Crippen molar-refractivity contribution in [2.45, 2.75) is 12.3 Å². The van der Waals surface area contributed by atoms with Gasteiger partial charge in [0.2, 0.25) is 0 Å². The maximum absolute atomic E-state index is 6.28. The highest BCUT2D eigenvalue weighted by molar-refractivity contribution is 6.25. The van der Waals surface area contributed by atoms with Gasteiger partial charge in [-0.15, -0.1) is 0 Å². The second-order valence-corrected chi connectivity index (χ2v) is 13.4. The van der Waals surface area contributed by atoms with E-state index in [4.69, 9.17) is 4.42 Å². The molecule has 0 fully saturated rings. The zero-order chi connectivity index (χ0) is 30.9. The minimum atomic E-state index is -0.377. The molecule has 0 radical (unpaired) electrons. The average molecular weight is 597 g/mol. The van der Waals surface area contributed by atoms with Crippen molar-refractivity contribution in [1.82, 2.24) is 0 Å². The van der Waals surface area contributed by atoms with Crippen LogP contribution in [0.2, 0.25) is 0 Å². The number of hydrogen-bond acceptors (Lipinski definition) is 1. The van der Waals surface area contributed by atoms with E-state index in [2.05, 4.69) is 153 Å². The summed E-state index contributed by atoms with van der Waals surface area (Å²) in [4.78, 5) is 0. The zero-order valence-electron chi connectivity index (χ0n) is 25.8. The fourth-order valence-corrected chi connectivity index (χ4v) is 8.85. The average Bonchev–Trinajstić information content (AvgIpc) is 3.63. The van der Waals surface area contributed by atoms with Crippen LogP contribution in [0.3, 0.4) is 0 Å². The van der Waals surface area contributed by atoms with E-state index in [1.165, 1.54) is 82.0 Å². The predicted octanol–water partition coefficient (Wildman–Crippen LogP) is 12.6. The van der Waals surface area contributed by atoms with E-state index in [9.17, 15) is 0 Å². The molecule has 218 valence electrons. The molecule has 9 aromatic carbocycles. The summed E-state index contributed by atoms with van der Waals surface area (Å²) in [6.45, 7) is 2.43. The van der Waals surface area contributed by atoms with Gasteiger partial charge in [0.25, 0.3) is 0 Å². The fourth-order valence-electron chi connectivity index (χ4n) is 8.85. The molecule has 10 aromatic rings. The zero-order valence-corrected chi connectivity index (χ0v) is 25.8. The Morgan fingerprint density at radius 3 is 1.98 bits per heavy atom. The maximum atomic E-state index is 6.28. The van der Waals surface area contributed by atoms with Crippen molar-refractivity contribution in [3.8, 4) is 22.3 Å². The second-order valence-electron chi connectivity index (χ2n) is 13.4. The van der Waals surface area contributed by atoms with Crippen LogP contribution in [0, 0.1) is 0 Å². The molecule has 0 amide bonds. The molecule has 0 N–H and O–H groups in total. The lowest BCUT2D eigenvalue weighted by atomic mass is 9.72.